The molecule has 2 rings (SSSR count). The number of hydrogen-bond donors (Lipinski definition) is 1. The Morgan fingerprint density at radius 1 is 1.17 bits per heavy atom. The first kappa shape index (κ1) is 18.1. The van der Waals surface area contributed by atoms with E-state index in [-0.39, 0.29) is 18.6 Å². The van der Waals surface area contributed by atoms with Gasteiger partial charge in [0, 0.05) is 6.54 Å². The number of rotatable bonds is 7. The topological polar surface area (TPSA) is 54.7 Å². The zero-order valence-electron chi connectivity index (χ0n) is 15.1. The van der Waals surface area contributed by atoms with Crippen molar-refractivity contribution in [3.8, 4) is 5.75 Å². The monoisotopic (exact) mass is 330 g/mol. The summed E-state index contributed by atoms with van der Waals surface area (Å²) in [5, 5.41) is 2.91. The predicted octanol–water partition coefficient (Wildman–Crippen LogP) is 3.00. The van der Waals surface area contributed by atoms with Crippen LogP contribution >= 0.6 is 0 Å². The Balaban J connectivity index is 1.87. The van der Waals surface area contributed by atoms with Gasteiger partial charge in [-0.3, -0.25) is 9.69 Å². The van der Waals surface area contributed by atoms with Crippen LogP contribution in [0.1, 0.15) is 28.7 Å². The molecule has 0 saturated heterocycles. The van der Waals surface area contributed by atoms with Crippen molar-refractivity contribution >= 4 is 5.91 Å². The summed E-state index contributed by atoms with van der Waals surface area (Å²) >= 11 is 0. The van der Waals surface area contributed by atoms with Gasteiger partial charge in [0.05, 0.1) is 6.04 Å². The summed E-state index contributed by atoms with van der Waals surface area (Å²) in [4.78, 5) is 14.1. The van der Waals surface area contributed by atoms with E-state index in [9.17, 15) is 4.79 Å². The number of nitrogens with one attached hydrogen (secondary N) is 1. The number of furan rings is 1. The highest BCUT2D eigenvalue weighted by molar-refractivity contribution is 5.77. The molecule has 0 aliphatic heterocycles. The molecule has 0 unspecified atom stereocenters. The molecule has 1 aromatic heterocycles. The smallest absolute Gasteiger partial charge is 0.258 e. The van der Waals surface area contributed by atoms with Gasteiger partial charge in [-0.05, 0) is 70.3 Å². The van der Waals surface area contributed by atoms with Gasteiger partial charge >= 0.3 is 0 Å². The summed E-state index contributed by atoms with van der Waals surface area (Å²) in [5.74, 6) is 2.27. The van der Waals surface area contributed by atoms with Crippen LogP contribution in [0, 0.1) is 20.8 Å². The lowest BCUT2D eigenvalue weighted by Gasteiger charge is -2.22. The molecule has 2 aromatic rings. The highest BCUT2D eigenvalue weighted by Crippen LogP contribution is 2.20. The van der Waals surface area contributed by atoms with E-state index < -0.39 is 0 Å². The van der Waals surface area contributed by atoms with Crippen molar-refractivity contribution in [2.45, 2.75) is 26.8 Å². The summed E-state index contributed by atoms with van der Waals surface area (Å²) in [6.07, 6.45) is 0. The van der Waals surface area contributed by atoms with Gasteiger partial charge in [0.25, 0.3) is 5.91 Å². The van der Waals surface area contributed by atoms with E-state index in [1.807, 2.05) is 64.0 Å². The molecule has 1 amide bonds. The fourth-order valence-corrected chi connectivity index (χ4v) is 2.60. The van der Waals surface area contributed by atoms with E-state index in [0.29, 0.717) is 12.3 Å². The quantitative estimate of drug-likeness (QED) is 0.848. The number of ether oxygens (including phenoxy) is 1. The molecule has 0 aliphatic rings. The third kappa shape index (κ3) is 5.13. The molecular weight excluding hydrogens is 304 g/mol. The fraction of sp³-hybridized carbons (Fsp3) is 0.421. The average molecular weight is 330 g/mol. The Kier molecular flexibility index (Phi) is 6.04. The number of aryl methyl sites for hydroxylation is 3. The largest absolute Gasteiger partial charge is 0.484 e. The molecule has 5 nitrogen and oxygen atoms in total. The van der Waals surface area contributed by atoms with Gasteiger partial charge in [0.15, 0.2) is 6.61 Å². The third-order valence-corrected chi connectivity index (χ3v) is 3.77. The van der Waals surface area contributed by atoms with E-state index in [1.54, 1.807) is 0 Å². The van der Waals surface area contributed by atoms with Crippen molar-refractivity contribution in [3.05, 3.63) is 53.0 Å². The first-order valence-electron chi connectivity index (χ1n) is 8.05. The minimum Gasteiger partial charge on any atom is -0.484 e. The molecule has 1 N–H and O–H groups in total. The van der Waals surface area contributed by atoms with E-state index in [0.717, 1.165) is 22.6 Å². The van der Waals surface area contributed by atoms with Gasteiger partial charge < -0.3 is 14.5 Å². The second-order valence-corrected chi connectivity index (χ2v) is 6.34. The minimum atomic E-state index is -0.149. The molecule has 5 heteroatoms. The SMILES string of the molecule is Cc1cc(C)cc(OCC(=O)NC[C@@H](c2ccc(C)o2)N(C)C)c1. The van der Waals surface area contributed by atoms with Crippen LogP contribution in [0.25, 0.3) is 0 Å². The molecule has 1 aromatic carbocycles. The highest BCUT2D eigenvalue weighted by Gasteiger charge is 2.18. The fourth-order valence-electron chi connectivity index (χ4n) is 2.60. The lowest BCUT2D eigenvalue weighted by Crippen LogP contribution is -2.36. The molecule has 0 aliphatic carbocycles. The third-order valence-electron chi connectivity index (χ3n) is 3.77. The lowest BCUT2D eigenvalue weighted by molar-refractivity contribution is -0.123. The van der Waals surface area contributed by atoms with E-state index in [2.05, 4.69) is 11.4 Å². The standard InChI is InChI=1S/C19H26N2O3/c1-13-8-14(2)10-16(9-13)23-12-19(22)20-11-17(21(4)5)18-7-6-15(3)24-18/h6-10,17H,11-12H2,1-5H3,(H,20,22)/t17-/m0/s1. The van der Waals surface area contributed by atoms with Gasteiger partial charge in [-0.25, -0.2) is 0 Å². The zero-order valence-corrected chi connectivity index (χ0v) is 15.1. The Morgan fingerprint density at radius 3 is 2.38 bits per heavy atom. The predicted molar refractivity (Wildman–Crippen MR) is 94.3 cm³/mol. The van der Waals surface area contributed by atoms with Crippen molar-refractivity contribution in [1.29, 1.82) is 0 Å². The number of amides is 1. The van der Waals surface area contributed by atoms with Crippen LogP contribution in [-0.2, 0) is 4.79 Å². The van der Waals surface area contributed by atoms with Gasteiger partial charge in [-0.1, -0.05) is 6.07 Å². The Bertz CT molecular complexity index is 671. The maximum atomic E-state index is 12.1. The van der Waals surface area contributed by atoms with Crippen LogP contribution in [-0.4, -0.2) is 38.1 Å². The second kappa shape index (κ2) is 8.02. The minimum absolute atomic E-state index is 0.000223. The molecule has 0 fully saturated rings. The molecule has 0 saturated carbocycles. The maximum Gasteiger partial charge on any atom is 0.258 e. The lowest BCUT2D eigenvalue weighted by atomic mass is 10.1. The average Bonchev–Trinajstić information content (AvgIpc) is 2.90. The molecule has 0 radical (unpaired) electrons. The van der Waals surface area contributed by atoms with Gasteiger partial charge in [0.2, 0.25) is 0 Å². The van der Waals surface area contributed by atoms with Gasteiger partial charge in [-0.2, -0.15) is 0 Å². The van der Waals surface area contributed by atoms with Crippen LogP contribution in [0.15, 0.2) is 34.7 Å². The van der Waals surface area contributed by atoms with Crippen molar-refractivity contribution in [1.82, 2.24) is 10.2 Å². The van der Waals surface area contributed by atoms with Crippen LogP contribution < -0.4 is 10.1 Å². The summed E-state index contributed by atoms with van der Waals surface area (Å²) in [5.41, 5.74) is 2.23. The Labute approximate surface area is 143 Å². The molecule has 1 atom stereocenters. The number of carbonyl (C=O) groups is 1. The van der Waals surface area contributed by atoms with Crippen LogP contribution in [0.5, 0.6) is 5.75 Å². The zero-order chi connectivity index (χ0) is 17.7. The van der Waals surface area contributed by atoms with Crippen LogP contribution in [0.3, 0.4) is 0 Å². The molecule has 130 valence electrons. The highest BCUT2D eigenvalue weighted by atomic mass is 16.5. The van der Waals surface area contributed by atoms with E-state index >= 15 is 0 Å². The normalized spacial score (nSPS) is 12.2. The summed E-state index contributed by atoms with van der Waals surface area (Å²) in [6, 6.07) is 9.78. The van der Waals surface area contributed by atoms with E-state index in [4.69, 9.17) is 9.15 Å². The Morgan fingerprint density at radius 2 is 1.83 bits per heavy atom. The van der Waals surface area contributed by atoms with Gasteiger partial charge in [-0.15, -0.1) is 0 Å². The Hall–Kier alpha value is -2.27. The van der Waals surface area contributed by atoms with Crippen molar-refractivity contribution < 1.29 is 13.9 Å². The molecule has 0 spiro atoms. The molecule has 0 bridgehead atoms. The molecule has 24 heavy (non-hydrogen) atoms. The number of nitrogens with zero attached hydrogens (tertiary/aromatic N) is 1. The number of hydrogen-bond acceptors (Lipinski definition) is 4. The van der Waals surface area contributed by atoms with Crippen LogP contribution in [0.2, 0.25) is 0 Å². The van der Waals surface area contributed by atoms with Crippen molar-refractivity contribution in [2.75, 3.05) is 27.2 Å². The maximum absolute atomic E-state index is 12.1. The first-order valence-corrected chi connectivity index (χ1v) is 8.05. The summed E-state index contributed by atoms with van der Waals surface area (Å²) < 4.78 is 11.3. The van der Waals surface area contributed by atoms with Gasteiger partial charge in [0.1, 0.15) is 17.3 Å². The summed E-state index contributed by atoms with van der Waals surface area (Å²) in [7, 11) is 3.92. The van der Waals surface area contributed by atoms with Crippen molar-refractivity contribution in [2.24, 2.45) is 0 Å². The molecular formula is C19H26N2O3. The number of likely N-dealkylation sites (N-methyl/N-ethyl adjacent to an activating group) is 1. The van der Waals surface area contributed by atoms with E-state index in [1.165, 1.54) is 0 Å². The summed E-state index contributed by atoms with van der Waals surface area (Å²) in [6.45, 7) is 6.39. The molecule has 1 heterocycles. The number of carbonyl (C=O) groups excluding carboxylic acids is 1. The first-order chi connectivity index (χ1) is 11.3. The number of benzene rings is 1. The second-order valence-electron chi connectivity index (χ2n) is 6.34. The van der Waals surface area contributed by atoms with Crippen LogP contribution in [0.4, 0.5) is 0 Å². The van der Waals surface area contributed by atoms with Crippen molar-refractivity contribution in [3.63, 3.8) is 0 Å².